The fraction of sp³-hybridized carbons (Fsp3) is 0.404. The molecular formula is C47H59N4O3+. The lowest BCUT2D eigenvalue weighted by Crippen LogP contribution is -2.28. The number of nitrogens with one attached hydrogen (secondary N) is 1. The molecule has 7 nitrogen and oxygen atoms in total. The van der Waals surface area contributed by atoms with Crippen molar-refractivity contribution in [2.75, 3.05) is 31.1 Å². The molecule has 3 aromatic carbocycles. The first-order valence-corrected chi connectivity index (χ1v) is 19.9. The molecule has 3 aliphatic rings. The van der Waals surface area contributed by atoms with Crippen LogP contribution in [-0.4, -0.2) is 42.4 Å². The Labute approximate surface area is 322 Å². The molecule has 3 N–H and O–H groups in total. The van der Waals surface area contributed by atoms with Crippen molar-refractivity contribution < 1.29 is 18.9 Å². The van der Waals surface area contributed by atoms with Gasteiger partial charge >= 0.3 is 0 Å². The van der Waals surface area contributed by atoms with E-state index in [1.807, 2.05) is 24.3 Å². The van der Waals surface area contributed by atoms with Gasteiger partial charge in [-0.25, -0.2) is 5.90 Å². The van der Waals surface area contributed by atoms with Crippen molar-refractivity contribution in [2.24, 2.45) is 5.90 Å². The predicted octanol–water partition coefficient (Wildman–Crippen LogP) is 9.50. The average molecular weight is 728 g/mol. The third-order valence-electron chi connectivity index (χ3n) is 11.1. The number of para-hydroxylation sites is 2. The van der Waals surface area contributed by atoms with E-state index in [2.05, 4.69) is 134 Å². The number of carbonyl (C=O) groups is 1. The molecular weight excluding hydrogens is 669 g/mol. The summed E-state index contributed by atoms with van der Waals surface area (Å²) in [7, 11) is 0. The van der Waals surface area contributed by atoms with Crippen molar-refractivity contribution >= 4 is 23.0 Å². The normalized spacial score (nSPS) is 18.9. The molecule has 3 aromatic rings. The van der Waals surface area contributed by atoms with E-state index >= 15 is 0 Å². The third-order valence-corrected chi connectivity index (χ3v) is 11.1. The van der Waals surface area contributed by atoms with Gasteiger partial charge in [-0.1, -0.05) is 82.3 Å². The van der Waals surface area contributed by atoms with E-state index in [1.165, 1.54) is 45.1 Å². The molecule has 54 heavy (non-hydrogen) atoms. The molecule has 0 radical (unpaired) electrons. The molecule has 0 unspecified atom stereocenters. The first-order valence-electron chi connectivity index (χ1n) is 19.9. The average Bonchev–Trinajstić information content (AvgIpc) is 3.51. The summed E-state index contributed by atoms with van der Waals surface area (Å²) in [6.45, 7) is 16.7. The van der Waals surface area contributed by atoms with Crippen molar-refractivity contribution in [1.29, 1.82) is 0 Å². The third kappa shape index (κ3) is 8.18. The minimum absolute atomic E-state index is 0.0259. The fourth-order valence-corrected chi connectivity index (χ4v) is 8.35. The number of fused-ring (bicyclic) bond motifs is 2. The Morgan fingerprint density at radius 1 is 0.889 bits per heavy atom. The summed E-state index contributed by atoms with van der Waals surface area (Å²) in [5, 5.41) is 2.93. The summed E-state index contributed by atoms with van der Waals surface area (Å²) in [6.07, 6.45) is 15.3. The molecule has 6 rings (SSSR count). The van der Waals surface area contributed by atoms with E-state index in [4.69, 9.17) is 10.6 Å². The Morgan fingerprint density at radius 3 is 2.37 bits per heavy atom. The van der Waals surface area contributed by atoms with Gasteiger partial charge in [0.2, 0.25) is 11.6 Å². The van der Waals surface area contributed by atoms with Gasteiger partial charge in [-0.3, -0.25) is 4.79 Å². The first-order chi connectivity index (χ1) is 26.1. The topological polar surface area (TPSA) is 79.8 Å². The zero-order valence-electron chi connectivity index (χ0n) is 33.2. The molecule has 1 amide bonds. The van der Waals surface area contributed by atoms with Crippen LogP contribution in [0.5, 0.6) is 5.75 Å². The minimum atomic E-state index is -0.117. The summed E-state index contributed by atoms with van der Waals surface area (Å²) in [5.74, 6) is 6.76. The van der Waals surface area contributed by atoms with Crippen LogP contribution >= 0.6 is 0 Å². The second kappa shape index (κ2) is 17.2. The highest BCUT2D eigenvalue weighted by molar-refractivity contribution is 6.03. The van der Waals surface area contributed by atoms with Crippen molar-refractivity contribution in [3.8, 4) is 5.75 Å². The maximum Gasteiger partial charge on any atom is 0.224 e. The Morgan fingerprint density at radius 2 is 1.63 bits per heavy atom. The second-order valence-corrected chi connectivity index (χ2v) is 15.8. The van der Waals surface area contributed by atoms with Crippen LogP contribution in [0.1, 0.15) is 96.8 Å². The molecule has 2 heterocycles. The molecule has 0 atom stereocenters. The van der Waals surface area contributed by atoms with Crippen molar-refractivity contribution in [3.05, 3.63) is 136 Å². The number of anilines is 1. The highest BCUT2D eigenvalue weighted by atomic mass is 16.6. The molecule has 0 fully saturated rings. The van der Waals surface area contributed by atoms with Gasteiger partial charge in [-0.2, -0.15) is 4.58 Å². The molecule has 0 saturated carbocycles. The molecule has 284 valence electrons. The zero-order valence-corrected chi connectivity index (χ0v) is 33.2. The van der Waals surface area contributed by atoms with Crippen LogP contribution in [0.15, 0.2) is 120 Å². The van der Waals surface area contributed by atoms with E-state index in [-0.39, 0.29) is 16.7 Å². The molecule has 0 bridgehead atoms. The first kappa shape index (κ1) is 39.0. The lowest BCUT2D eigenvalue weighted by atomic mass is 9.81. The number of nitrogens with zero attached hydrogens (tertiary/aromatic N) is 2. The SMILES string of the molecule is CCCN1/C(=C/C=C2\CCCC(/C=C/C3=[N+](CCC)c4ccccc4C3(C)C)=C2Oc2ccc(CC(=O)NCCCON)cc2)C(C)(C)c2ccccc21. The molecule has 0 saturated heterocycles. The van der Waals surface area contributed by atoms with Crippen LogP contribution in [0.4, 0.5) is 11.4 Å². The maximum absolute atomic E-state index is 12.5. The van der Waals surface area contributed by atoms with Gasteiger partial charge < -0.3 is 19.8 Å². The van der Waals surface area contributed by atoms with Crippen molar-refractivity contribution in [3.63, 3.8) is 0 Å². The van der Waals surface area contributed by atoms with E-state index in [0.717, 1.165) is 62.3 Å². The minimum Gasteiger partial charge on any atom is -0.457 e. The van der Waals surface area contributed by atoms with Crippen LogP contribution < -0.4 is 20.9 Å². The van der Waals surface area contributed by atoms with Gasteiger partial charge in [0.05, 0.1) is 18.4 Å². The number of ether oxygens (including phenoxy) is 1. The molecule has 1 aliphatic carbocycles. The summed E-state index contributed by atoms with van der Waals surface area (Å²) in [4.78, 5) is 19.6. The van der Waals surface area contributed by atoms with Gasteiger partial charge in [-0.05, 0) is 98.6 Å². The lowest BCUT2D eigenvalue weighted by Gasteiger charge is -2.27. The Kier molecular flexibility index (Phi) is 12.4. The van der Waals surface area contributed by atoms with E-state index in [0.29, 0.717) is 26.0 Å². The number of hydrogen-bond donors (Lipinski definition) is 2. The van der Waals surface area contributed by atoms with Gasteiger partial charge in [0.1, 0.15) is 18.1 Å². The summed E-state index contributed by atoms with van der Waals surface area (Å²) in [6, 6.07) is 25.6. The number of hydrogen-bond acceptors (Lipinski definition) is 5. The van der Waals surface area contributed by atoms with E-state index < -0.39 is 0 Å². The number of carbonyl (C=O) groups excluding carboxylic acids is 1. The lowest BCUT2D eigenvalue weighted by molar-refractivity contribution is -0.437. The number of allylic oxidation sites excluding steroid dienone is 7. The fourth-order valence-electron chi connectivity index (χ4n) is 8.35. The van der Waals surface area contributed by atoms with E-state index in [9.17, 15) is 4.79 Å². The summed E-state index contributed by atoms with van der Waals surface area (Å²) >= 11 is 0. The summed E-state index contributed by atoms with van der Waals surface area (Å²) < 4.78 is 9.41. The van der Waals surface area contributed by atoms with E-state index in [1.54, 1.807) is 0 Å². The Bertz CT molecular complexity index is 1980. The number of nitrogens with two attached hydrogens (primary N) is 1. The van der Waals surface area contributed by atoms with Gasteiger partial charge in [-0.15, -0.1) is 0 Å². The van der Waals surface area contributed by atoms with Gasteiger partial charge in [0.15, 0.2) is 5.71 Å². The molecule has 0 aromatic heterocycles. The molecule has 2 aliphatic heterocycles. The van der Waals surface area contributed by atoms with Crippen LogP contribution in [0.3, 0.4) is 0 Å². The smallest absolute Gasteiger partial charge is 0.224 e. The quantitative estimate of drug-likeness (QED) is 0.0927. The summed E-state index contributed by atoms with van der Waals surface area (Å²) in [5.41, 5.74) is 11.1. The largest absolute Gasteiger partial charge is 0.457 e. The van der Waals surface area contributed by atoms with Crippen LogP contribution in [-0.2, 0) is 26.9 Å². The number of benzene rings is 3. The van der Waals surface area contributed by atoms with Crippen LogP contribution in [0.25, 0.3) is 0 Å². The monoisotopic (exact) mass is 727 g/mol. The Hall–Kier alpha value is -4.72. The highest BCUT2D eigenvalue weighted by Gasteiger charge is 2.44. The van der Waals surface area contributed by atoms with Crippen LogP contribution in [0, 0.1) is 0 Å². The number of amides is 1. The second-order valence-electron chi connectivity index (χ2n) is 15.8. The van der Waals surface area contributed by atoms with Gasteiger partial charge in [0, 0.05) is 54.0 Å². The zero-order chi connectivity index (χ0) is 38.3. The van der Waals surface area contributed by atoms with Crippen molar-refractivity contribution in [2.45, 2.75) is 97.3 Å². The predicted molar refractivity (Wildman–Crippen MR) is 221 cm³/mol. The standard InChI is InChI=1S/C47H58N4O3/c1-7-30-50-40-19-11-9-17-38(40)46(3,4)42(50)27-23-35-15-13-16-36(24-28-43-47(5,6)39-18-10-12-20-41(39)51(43)31-8-2)45(35)54-37-25-21-34(22-26-37)33-44(52)49-29-14-32-53-48/h9-12,17-28H,7-8,13-16,29-33,48H2,1-6H3/p+1. The van der Waals surface area contributed by atoms with Crippen molar-refractivity contribution in [1.82, 2.24) is 5.32 Å². The Balaban J connectivity index is 1.37. The van der Waals surface area contributed by atoms with Gasteiger partial charge in [0.25, 0.3) is 0 Å². The highest BCUT2D eigenvalue weighted by Crippen LogP contribution is 2.48. The maximum atomic E-state index is 12.5. The number of rotatable bonds is 15. The van der Waals surface area contributed by atoms with Crippen LogP contribution in [0.2, 0.25) is 0 Å². The molecule has 0 spiro atoms. The molecule has 7 heteroatoms.